The summed E-state index contributed by atoms with van der Waals surface area (Å²) in [7, 11) is 4.88. The molecular formula is C15H18N4O3. The molecule has 7 heteroatoms. The Balaban J connectivity index is 2.10. The van der Waals surface area contributed by atoms with Crippen LogP contribution < -0.4 is 14.9 Å². The molecule has 1 heterocycles. The van der Waals surface area contributed by atoms with Crippen molar-refractivity contribution >= 4 is 12.1 Å². The number of carbonyl (C=O) groups is 1. The first-order valence-electron chi connectivity index (χ1n) is 6.60. The second kappa shape index (κ2) is 6.75. The summed E-state index contributed by atoms with van der Waals surface area (Å²) < 4.78 is 11.9. The smallest absolute Gasteiger partial charge is 0.271 e. The van der Waals surface area contributed by atoms with Crippen molar-refractivity contribution in [3.8, 4) is 11.5 Å². The first-order chi connectivity index (χ1) is 10.5. The van der Waals surface area contributed by atoms with Gasteiger partial charge < -0.3 is 9.47 Å². The molecule has 0 spiro atoms. The van der Waals surface area contributed by atoms with Gasteiger partial charge in [0.15, 0.2) is 0 Å². The molecule has 1 N–H and O–H groups in total. The van der Waals surface area contributed by atoms with Gasteiger partial charge >= 0.3 is 0 Å². The Hall–Kier alpha value is -2.83. The van der Waals surface area contributed by atoms with Gasteiger partial charge in [0, 0.05) is 30.4 Å². The molecule has 116 valence electrons. The second-order valence-corrected chi connectivity index (χ2v) is 4.64. The van der Waals surface area contributed by atoms with Gasteiger partial charge in [0.2, 0.25) is 0 Å². The van der Waals surface area contributed by atoms with Crippen LogP contribution in [0.4, 0.5) is 0 Å². The molecule has 0 atom stereocenters. The lowest BCUT2D eigenvalue weighted by molar-refractivity contribution is 0.0954. The van der Waals surface area contributed by atoms with Crippen molar-refractivity contribution in [1.82, 2.24) is 15.2 Å². The van der Waals surface area contributed by atoms with Gasteiger partial charge in [0.05, 0.1) is 26.1 Å². The third-order valence-corrected chi connectivity index (χ3v) is 3.03. The lowest BCUT2D eigenvalue weighted by Gasteiger charge is -2.07. The standard InChI is InChI=1S/C15H18N4O3/c1-10-12(9-19(2)18-10)8-16-17-15(20)11-5-13(21-3)7-14(6-11)22-4/h5-9H,1-4H3,(H,17,20). The van der Waals surface area contributed by atoms with Crippen LogP contribution >= 0.6 is 0 Å². The number of benzene rings is 1. The quantitative estimate of drug-likeness (QED) is 0.671. The van der Waals surface area contributed by atoms with E-state index in [1.165, 1.54) is 14.2 Å². The summed E-state index contributed by atoms with van der Waals surface area (Å²) in [5, 5.41) is 8.14. The zero-order valence-corrected chi connectivity index (χ0v) is 13.0. The highest BCUT2D eigenvalue weighted by molar-refractivity contribution is 5.95. The maximum atomic E-state index is 12.1. The van der Waals surface area contributed by atoms with Crippen LogP contribution in [0.25, 0.3) is 0 Å². The number of ether oxygens (including phenoxy) is 2. The molecule has 1 aromatic heterocycles. The summed E-state index contributed by atoms with van der Waals surface area (Å²) in [5.41, 5.74) is 4.54. The molecule has 0 aliphatic rings. The van der Waals surface area contributed by atoms with E-state index < -0.39 is 0 Å². The number of hydrazone groups is 1. The van der Waals surface area contributed by atoms with E-state index in [0.29, 0.717) is 17.1 Å². The van der Waals surface area contributed by atoms with Gasteiger partial charge in [-0.2, -0.15) is 10.2 Å². The minimum absolute atomic E-state index is 0.352. The molecule has 0 radical (unpaired) electrons. The predicted octanol–water partition coefficient (Wildman–Crippen LogP) is 1.51. The largest absolute Gasteiger partial charge is 0.497 e. The Morgan fingerprint density at radius 3 is 2.41 bits per heavy atom. The average molecular weight is 302 g/mol. The minimum Gasteiger partial charge on any atom is -0.497 e. The van der Waals surface area contributed by atoms with E-state index in [4.69, 9.17) is 9.47 Å². The highest BCUT2D eigenvalue weighted by Crippen LogP contribution is 2.22. The fraction of sp³-hybridized carbons (Fsp3) is 0.267. The Morgan fingerprint density at radius 2 is 1.91 bits per heavy atom. The Bertz CT molecular complexity index is 685. The van der Waals surface area contributed by atoms with Gasteiger partial charge in [-0.25, -0.2) is 5.43 Å². The van der Waals surface area contributed by atoms with Crippen LogP contribution in [0, 0.1) is 6.92 Å². The lowest BCUT2D eigenvalue weighted by atomic mass is 10.2. The van der Waals surface area contributed by atoms with Crippen molar-refractivity contribution in [2.45, 2.75) is 6.92 Å². The first-order valence-corrected chi connectivity index (χ1v) is 6.60. The second-order valence-electron chi connectivity index (χ2n) is 4.64. The maximum absolute atomic E-state index is 12.1. The van der Waals surface area contributed by atoms with E-state index in [9.17, 15) is 4.79 Å². The van der Waals surface area contributed by atoms with E-state index in [1.54, 1.807) is 29.1 Å². The van der Waals surface area contributed by atoms with Crippen LogP contribution in [0.3, 0.4) is 0 Å². The Labute approximate surface area is 128 Å². The third-order valence-electron chi connectivity index (χ3n) is 3.03. The van der Waals surface area contributed by atoms with E-state index in [-0.39, 0.29) is 5.91 Å². The molecule has 0 unspecified atom stereocenters. The third kappa shape index (κ3) is 3.63. The summed E-state index contributed by atoms with van der Waals surface area (Å²) in [5.74, 6) is 0.725. The molecule has 0 aliphatic heterocycles. The molecule has 1 amide bonds. The highest BCUT2D eigenvalue weighted by Gasteiger charge is 2.09. The topological polar surface area (TPSA) is 77.7 Å². The van der Waals surface area contributed by atoms with Crippen LogP contribution in [0.5, 0.6) is 11.5 Å². The molecule has 0 aliphatic carbocycles. The van der Waals surface area contributed by atoms with Crippen LogP contribution in [0.1, 0.15) is 21.6 Å². The normalized spacial score (nSPS) is 10.7. The number of rotatable bonds is 5. The number of methoxy groups -OCH3 is 2. The SMILES string of the molecule is COc1cc(OC)cc(C(=O)NN=Cc2cn(C)nc2C)c1. The molecule has 0 bridgehead atoms. The van der Waals surface area contributed by atoms with Crippen LogP contribution in [0.2, 0.25) is 0 Å². The molecule has 2 aromatic rings. The number of hydrogen-bond acceptors (Lipinski definition) is 5. The fourth-order valence-corrected chi connectivity index (χ4v) is 1.91. The molecule has 1 aromatic carbocycles. The van der Waals surface area contributed by atoms with E-state index >= 15 is 0 Å². The number of aryl methyl sites for hydroxylation is 2. The van der Waals surface area contributed by atoms with Gasteiger partial charge in [0.1, 0.15) is 11.5 Å². The van der Waals surface area contributed by atoms with E-state index in [2.05, 4.69) is 15.6 Å². The summed E-state index contributed by atoms with van der Waals surface area (Å²) in [6.45, 7) is 1.87. The summed E-state index contributed by atoms with van der Waals surface area (Å²) >= 11 is 0. The molecule has 0 saturated heterocycles. The van der Waals surface area contributed by atoms with E-state index in [1.807, 2.05) is 20.2 Å². The summed E-state index contributed by atoms with van der Waals surface area (Å²) in [4.78, 5) is 12.1. The molecule has 7 nitrogen and oxygen atoms in total. The Kier molecular flexibility index (Phi) is 4.77. The predicted molar refractivity (Wildman–Crippen MR) is 82.6 cm³/mol. The van der Waals surface area contributed by atoms with Crippen molar-refractivity contribution in [2.75, 3.05) is 14.2 Å². The first kappa shape index (κ1) is 15.6. The number of carbonyl (C=O) groups excluding carboxylic acids is 1. The molecule has 0 fully saturated rings. The van der Waals surface area contributed by atoms with Gasteiger partial charge in [-0.1, -0.05) is 0 Å². The van der Waals surface area contributed by atoms with Crippen molar-refractivity contribution in [3.63, 3.8) is 0 Å². The fourth-order valence-electron chi connectivity index (χ4n) is 1.91. The zero-order valence-electron chi connectivity index (χ0n) is 13.0. The van der Waals surface area contributed by atoms with Crippen molar-refractivity contribution in [2.24, 2.45) is 12.1 Å². The number of aromatic nitrogens is 2. The monoisotopic (exact) mass is 302 g/mol. The van der Waals surface area contributed by atoms with Crippen molar-refractivity contribution in [1.29, 1.82) is 0 Å². The summed E-state index contributed by atoms with van der Waals surface area (Å²) in [6.07, 6.45) is 3.37. The molecular weight excluding hydrogens is 284 g/mol. The zero-order chi connectivity index (χ0) is 16.1. The van der Waals surface area contributed by atoms with Crippen LogP contribution in [-0.2, 0) is 7.05 Å². The minimum atomic E-state index is -0.352. The number of hydrogen-bond donors (Lipinski definition) is 1. The van der Waals surface area contributed by atoms with Gasteiger partial charge in [0.25, 0.3) is 5.91 Å². The van der Waals surface area contributed by atoms with Crippen LogP contribution in [-0.4, -0.2) is 36.1 Å². The van der Waals surface area contributed by atoms with Crippen molar-refractivity contribution in [3.05, 3.63) is 41.2 Å². The number of nitrogens with one attached hydrogen (secondary N) is 1. The van der Waals surface area contributed by atoms with Gasteiger partial charge in [-0.05, 0) is 19.1 Å². The lowest BCUT2D eigenvalue weighted by Crippen LogP contribution is -2.17. The molecule has 22 heavy (non-hydrogen) atoms. The van der Waals surface area contributed by atoms with Crippen molar-refractivity contribution < 1.29 is 14.3 Å². The number of amides is 1. The van der Waals surface area contributed by atoms with Gasteiger partial charge in [-0.15, -0.1) is 0 Å². The molecule has 0 saturated carbocycles. The van der Waals surface area contributed by atoms with Crippen LogP contribution in [0.15, 0.2) is 29.5 Å². The average Bonchev–Trinajstić information content (AvgIpc) is 2.84. The van der Waals surface area contributed by atoms with E-state index in [0.717, 1.165) is 11.3 Å². The molecule has 2 rings (SSSR count). The summed E-state index contributed by atoms with van der Waals surface area (Å²) in [6, 6.07) is 4.92. The Morgan fingerprint density at radius 1 is 1.27 bits per heavy atom. The maximum Gasteiger partial charge on any atom is 0.271 e. The number of nitrogens with zero attached hydrogens (tertiary/aromatic N) is 3. The highest BCUT2D eigenvalue weighted by atomic mass is 16.5. The van der Waals surface area contributed by atoms with Gasteiger partial charge in [-0.3, -0.25) is 9.48 Å².